The summed E-state index contributed by atoms with van der Waals surface area (Å²) in [5, 5.41) is 15.4. The third kappa shape index (κ3) is 3.87. The standard InChI is InChI=1S/C21H27N5O3S/c1-4-16-22-20-26(23-16)19(27)18(30-20)17(15-8-6-7-14(3)13-15)24-9-11-25(12-10-24)21(28)29-5-2/h6-8,13,17,27H,4-5,9-12H2,1-3H3/t17-/m1/s1. The summed E-state index contributed by atoms with van der Waals surface area (Å²) < 4.78 is 6.68. The van der Waals surface area contributed by atoms with Crippen LogP contribution in [0, 0.1) is 6.92 Å². The Labute approximate surface area is 179 Å². The van der Waals surface area contributed by atoms with Crippen molar-refractivity contribution in [2.45, 2.75) is 33.2 Å². The molecule has 0 radical (unpaired) electrons. The van der Waals surface area contributed by atoms with Crippen LogP contribution in [0.2, 0.25) is 0 Å². The molecule has 1 fully saturated rings. The lowest BCUT2D eigenvalue weighted by Crippen LogP contribution is -2.49. The molecule has 1 N–H and O–H groups in total. The highest BCUT2D eigenvalue weighted by molar-refractivity contribution is 7.17. The van der Waals surface area contributed by atoms with Gasteiger partial charge >= 0.3 is 6.09 Å². The predicted molar refractivity (Wildman–Crippen MR) is 115 cm³/mol. The van der Waals surface area contributed by atoms with Gasteiger partial charge in [-0.3, -0.25) is 4.90 Å². The first-order valence-electron chi connectivity index (χ1n) is 10.3. The molecule has 2 aromatic heterocycles. The second kappa shape index (κ2) is 8.61. The lowest BCUT2D eigenvalue weighted by atomic mass is 10.0. The second-order valence-corrected chi connectivity index (χ2v) is 8.41. The van der Waals surface area contributed by atoms with Gasteiger partial charge in [0, 0.05) is 32.6 Å². The van der Waals surface area contributed by atoms with Gasteiger partial charge in [0.05, 0.1) is 17.5 Å². The first-order chi connectivity index (χ1) is 14.5. The topological polar surface area (TPSA) is 83.2 Å². The maximum absolute atomic E-state index is 12.1. The first kappa shape index (κ1) is 20.6. The van der Waals surface area contributed by atoms with Crippen molar-refractivity contribution in [2.24, 2.45) is 0 Å². The SMILES string of the molecule is CCOC(=O)N1CCN([C@H](c2cccc(C)c2)c2sc3nc(CC)nn3c2O)CC1. The first-order valence-corrected chi connectivity index (χ1v) is 11.1. The molecule has 0 unspecified atom stereocenters. The van der Waals surface area contributed by atoms with Gasteiger partial charge in [0.15, 0.2) is 5.82 Å². The molecule has 9 heteroatoms. The summed E-state index contributed by atoms with van der Waals surface area (Å²) >= 11 is 1.47. The molecule has 160 valence electrons. The maximum Gasteiger partial charge on any atom is 0.409 e. The number of aromatic hydroxyl groups is 1. The molecular formula is C21H27N5O3S. The molecule has 1 saturated heterocycles. The summed E-state index contributed by atoms with van der Waals surface area (Å²) in [5.41, 5.74) is 2.27. The molecule has 3 aromatic rings. The van der Waals surface area contributed by atoms with E-state index in [9.17, 15) is 9.90 Å². The molecule has 4 rings (SSSR count). The van der Waals surface area contributed by atoms with E-state index < -0.39 is 0 Å². The Kier molecular flexibility index (Phi) is 5.92. The van der Waals surface area contributed by atoms with Crippen molar-refractivity contribution in [3.63, 3.8) is 0 Å². The van der Waals surface area contributed by atoms with E-state index in [-0.39, 0.29) is 18.0 Å². The highest BCUT2D eigenvalue weighted by Crippen LogP contribution is 2.40. The molecule has 3 heterocycles. The number of carbonyl (C=O) groups excluding carboxylic acids is 1. The number of hydrogen-bond acceptors (Lipinski definition) is 7. The van der Waals surface area contributed by atoms with Gasteiger partial charge in [-0.25, -0.2) is 9.78 Å². The Morgan fingerprint density at radius 3 is 2.67 bits per heavy atom. The van der Waals surface area contributed by atoms with Crippen molar-refractivity contribution in [2.75, 3.05) is 32.8 Å². The van der Waals surface area contributed by atoms with Crippen LogP contribution in [0.4, 0.5) is 4.79 Å². The lowest BCUT2D eigenvalue weighted by molar-refractivity contribution is 0.0715. The molecular weight excluding hydrogens is 402 g/mol. The van der Waals surface area contributed by atoms with Gasteiger partial charge in [0.1, 0.15) is 0 Å². The molecule has 1 aliphatic heterocycles. The van der Waals surface area contributed by atoms with Gasteiger partial charge in [-0.1, -0.05) is 48.1 Å². The fourth-order valence-corrected chi connectivity index (χ4v) is 5.00. The number of rotatable bonds is 5. The van der Waals surface area contributed by atoms with E-state index in [1.165, 1.54) is 15.9 Å². The zero-order valence-corrected chi connectivity index (χ0v) is 18.4. The molecule has 0 spiro atoms. The quantitative estimate of drug-likeness (QED) is 0.670. The van der Waals surface area contributed by atoms with Gasteiger partial charge in [-0.05, 0) is 19.4 Å². The third-order valence-corrected chi connectivity index (χ3v) is 6.44. The minimum atomic E-state index is -0.266. The van der Waals surface area contributed by atoms with Crippen LogP contribution in [-0.4, -0.2) is 68.4 Å². The van der Waals surface area contributed by atoms with E-state index in [1.54, 1.807) is 4.90 Å². The van der Waals surface area contributed by atoms with E-state index in [4.69, 9.17) is 4.74 Å². The summed E-state index contributed by atoms with van der Waals surface area (Å²) in [6, 6.07) is 8.20. The van der Waals surface area contributed by atoms with Crippen molar-refractivity contribution in [1.82, 2.24) is 24.4 Å². The van der Waals surface area contributed by atoms with E-state index in [0.29, 0.717) is 37.7 Å². The van der Waals surface area contributed by atoms with Crippen LogP contribution < -0.4 is 0 Å². The summed E-state index contributed by atoms with van der Waals surface area (Å²) in [6.07, 6.45) is 0.457. The monoisotopic (exact) mass is 429 g/mol. The van der Waals surface area contributed by atoms with Gasteiger partial charge in [-0.2, -0.15) is 4.52 Å². The molecule has 1 aliphatic rings. The Morgan fingerprint density at radius 1 is 1.27 bits per heavy atom. The molecule has 1 atom stereocenters. The number of thiazole rings is 1. The van der Waals surface area contributed by atoms with Crippen LogP contribution in [0.15, 0.2) is 24.3 Å². The molecule has 0 aliphatic carbocycles. The van der Waals surface area contributed by atoms with Crippen LogP contribution in [0.25, 0.3) is 4.96 Å². The van der Waals surface area contributed by atoms with Crippen LogP contribution in [0.3, 0.4) is 0 Å². The number of carbonyl (C=O) groups is 1. The fraction of sp³-hybridized carbons (Fsp3) is 0.476. The fourth-order valence-electron chi connectivity index (χ4n) is 3.86. The predicted octanol–water partition coefficient (Wildman–Crippen LogP) is 3.23. The maximum atomic E-state index is 12.1. The van der Waals surface area contributed by atoms with E-state index in [2.05, 4.69) is 40.1 Å². The summed E-state index contributed by atoms with van der Waals surface area (Å²) in [5.74, 6) is 0.861. The van der Waals surface area contributed by atoms with Gasteiger partial charge < -0.3 is 14.7 Å². The van der Waals surface area contributed by atoms with Crippen molar-refractivity contribution >= 4 is 22.4 Å². The molecule has 0 saturated carbocycles. The van der Waals surface area contributed by atoms with Crippen molar-refractivity contribution in [1.29, 1.82) is 0 Å². The Balaban J connectivity index is 1.67. The van der Waals surface area contributed by atoms with Crippen molar-refractivity contribution in [3.05, 3.63) is 46.1 Å². The van der Waals surface area contributed by atoms with Gasteiger partial charge in [0.2, 0.25) is 10.8 Å². The summed E-state index contributed by atoms with van der Waals surface area (Å²) in [7, 11) is 0. The number of piperazine rings is 1. The number of ether oxygens (including phenoxy) is 1. The van der Waals surface area contributed by atoms with Gasteiger partial charge in [-0.15, -0.1) is 5.10 Å². The largest absolute Gasteiger partial charge is 0.492 e. The number of fused-ring (bicyclic) bond motifs is 1. The molecule has 1 aromatic carbocycles. The average molecular weight is 430 g/mol. The molecule has 0 bridgehead atoms. The smallest absolute Gasteiger partial charge is 0.409 e. The number of aromatic nitrogens is 3. The van der Waals surface area contributed by atoms with Crippen molar-refractivity contribution in [3.8, 4) is 5.88 Å². The Bertz CT molecular complexity index is 1040. The highest BCUT2D eigenvalue weighted by atomic mass is 32.1. The Morgan fingerprint density at radius 2 is 2.03 bits per heavy atom. The zero-order valence-electron chi connectivity index (χ0n) is 17.5. The summed E-state index contributed by atoms with van der Waals surface area (Å²) in [6.45, 7) is 8.79. The molecule has 30 heavy (non-hydrogen) atoms. The molecule has 1 amide bonds. The van der Waals surface area contributed by atoms with Crippen LogP contribution in [0.1, 0.15) is 41.7 Å². The highest BCUT2D eigenvalue weighted by Gasteiger charge is 2.33. The number of aryl methyl sites for hydroxylation is 2. The van der Waals surface area contributed by atoms with Crippen LogP contribution >= 0.6 is 11.3 Å². The van der Waals surface area contributed by atoms with E-state index in [0.717, 1.165) is 28.2 Å². The van der Waals surface area contributed by atoms with Crippen LogP contribution in [-0.2, 0) is 11.2 Å². The van der Waals surface area contributed by atoms with E-state index in [1.807, 2.05) is 19.9 Å². The second-order valence-electron chi connectivity index (χ2n) is 7.40. The summed E-state index contributed by atoms with van der Waals surface area (Å²) in [4.78, 5) is 22.2. The normalized spacial score (nSPS) is 16.2. The molecule has 8 nitrogen and oxygen atoms in total. The minimum Gasteiger partial charge on any atom is -0.492 e. The average Bonchev–Trinajstić information content (AvgIpc) is 3.28. The van der Waals surface area contributed by atoms with Crippen LogP contribution in [0.5, 0.6) is 5.88 Å². The van der Waals surface area contributed by atoms with Crippen molar-refractivity contribution < 1.29 is 14.6 Å². The Hall–Kier alpha value is -2.65. The number of nitrogens with zero attached hydrogens (tertiary/aromatic N) is 5. The van der Waals surface area contributed by atoms with Gasteiger partial charge in [0.25, 0.3) is 0 Å². The minimum absolute atomic E-state index is 0.132. The number of hydrogen-bond donors (Lipinski definition) is 1. The number of amides is 1. The lowest BCUT2D eigenvalue weighted by Gasteiger charge is -2.38. The van der Waals surface area contributed by atoms with E-state index >= 15 is 0 Å². The number of benzene rings is 1. The third-order valence-electron chi connectivity index (χ3n) is 5.37. The zero-order chi connectivity index (χ0) is 21.3.